The Labute approximate surface area is 107 Å². The second kappa shape index (κ2) is 6.72. The number of benzene rings is 1. The molecule has 1 saturated heterocycles. The van der Waals surface area contributed by atoms with Crippen LogP contribution >= 0.6 is 11.8 Å². The summed E-state index contributed by atoms with van der Waals surface area (Å²) in [6.07, 6.45) is 3.11. The van der Waals surface area contributed by atoms with Crippen molar-refractivity contribution in [1.82, 2.24) is 0 Å². The highest BCUT2D eigenvalue weighted by atomic mass is 32.2. The summed E-state index contributed by atoms with van der Waals surface area (Å²) < 4.78 is 5.38. The van der Waals surface area contributed by atoms with Gasteiger partial charge >= 0.3 is 0 Å². The molecular formula is C14H19NOS. The summed E-state index contributed by atoms with van der Waals surface area (Å²) in [6, 6.07) is 8.45. The first-order valence-corrected chi connectivity index (χ1v) is 7.03. The third kappa shape index (κ3) is 3.79. The van der Waals surface area contributed by atoms with Crippen molar-refractivity contribution in [2.75, 3.05) is 30.8 Å². The molecule has 1 fully saturated rings. The minimum atomic E-state index is 0.660. The predicted molar refractivity (Wildman–Crippen MR) is 74.8 cm³/mol. The quantitative estimate of drug-likeness (QED) is 0.616. The second-order valence-corrected chi connectivity index (χ2v) is 5.27. The van der Waals surface area contributed by atoms with E-state index in [1.807, 2.05) is 17.8 Å². The summed E-state index contributed by atoms with van der Waals surface area (Å²) >= 11 is 1.82. The van der Waals surface area contributed by atoms with E-state index < -0.39 is 0 Å². The molecule has 2 nitrogen and oxygen atoms in total. The van der Waals surface area contributed by atoms with Crippen molar-refractivity contribution in [3.63, 3.8) is 0 Å². The lowest BCUT2D eigenvalue weighted by Crippen LogP contribution is -2.14. The van der Waals surface area contributed by atoms with Gasteiger partial charge in [0.05, 0.1) is 6.61 Å². The molecule has 1 aromatic rings. The van der Waals surface area contributed by atoms with Crippen LogP contribution in [0.5, 0.6) is 0 Å². The van der Waals surface area contributed by atoms with Gasteiger partial charge in [-0.15, -0.1) is 18.3 Å². The summed E-state index contributed by atoms with van der Waals surface area (Å²) in [5.41, 5.74) is 1.23. The topological polar surface area (TPSA) is 21.3 Å². The van der Waals surface area contributed by atoms with E-state index in [0.717, 1.165) is 25.5 Å². The Balaban J connectivity index is 1.91. The Morgan fingerprint density at radius 3 is 3.12 bits per heavy atom. The number of anilines is 1. The highest BCUT2D eigenvalue weighted by Crippen LogP contribution is 2.27. The van der Waals surface area contributed by atoms with Gasteiger partial charge in [0.25, 0.3) is 0 Å². The summed E-state index contributed by atoms with van der Waals surface area (Å²) in [5.74, 6) is 1.61. The minimum Gasteiger partial charge on any atom is -0.384 e. The van der Waals surface area contributed by atoms with Gasteiger partial charge in [0.15, 0.2) is 0 Å². The van der Waals surface area contributed by atoms with Crippen molar-refractivity contribution in [3.05, 3.63) is 36.9 Å². The van der Waals surface area contributed by atoms with E-state index in [9.17, 15) is 0 Å². The maximum Gasteiger partial charge on any atom is 0.0511 e. The van der Waals surface area contributed by atoms with Crippen LogP contribution in [0.3, 0.4) is 0 Å². The monoisotopic (exact) mass is 249 g/mol. The zero-order valence-electron chi connectivity index (χ0n) is 10.0. The predicted octanol–water partition coefficient (Wildman–Crippen LogP) is 3.41. The van der Waals surface area contributed by atoms with Gasteiger partial charge in [-0.3, -0.25) is 0 Å². The third-order valence-electron chi connectivity index (χ3n) is 2.85. The SMILES string of the molecule is C=CCSc1ccccc1NCC1CCOC1. The molecule has 1 heterocycles. The summed E-state index contributed by atoms with van der Waals surface area (Å²) in [4.78, 5) is 1.30. The second-order valence-electron chi connectivity index (χ2n) is 4.21. The zero-order valence-corrected chi connectivity index (χ0v) is 10.8. The van der Waals surface area contributed by atoms with Gasteiger partial charge in [-0.25, -0.2) is 0 Å². The molecule has 0 radical (unpaired) electrons. The lowest BCUT2D eigenvalue weighted by atomic mass is 10.1. The Bertz CT molecular complexity index is 361. The van der Waals surface area contributed by atoms with E-state index in [4.69, 9.17) is 4.74 Å². The van der Waals surface area contributed by atoms with Gasteiger partial charge in [0, 0.05) is 35.4 Å². The average Bonchev–Trinajstić information content (AvgIpc) is 2.88. The number of hydrogen-bond acceptors (Lipinski definition) is 3. The number of para-hydroxylation sites is 1. The summed E-state index contributed by atoms with van der Waals surface area (Å²) in [6.45, 7) is 6.58. The summed E-state index contributed by atoms with van der Waals surface area (Å²) in [5, 5.41) is 3.53. The van der Waals surface area contributed by atoms with Crippen molar-refractivity contribution in [3.8, 4) is 0 Å². The highest BCUT2D eigenvalue weighted by Gasteiger charge is 2.15. The van der Waals surface area contributed by atoms with Crippen LogP contribution in [0.25, 0.3) is 0 Å². The van der Waals surface area contributed by atoms with Crippen molar-refractivity contribution in [2.45, 2.75) is 11.3 Å². The molecule has 0 aliphatic carbocycles. The molecule has 1 aliphatic heterocycles. The van der Waals surface area contributed by atoms with Gasteiger partial charge in [-0.05, 0) is 18.6 Å². The Kier molecular flexibility index (Phi) is 4.95. The lowest BCUT2D eigenvalue weighted by molar-refractivity contribution is 0.187. The summed E-state index contributed by atoms with van der Waals surface area (Å²) in [7, 11) is 0. The van der Waals surface area contributed by atoms with Crippen LogP contribution in [0.15, 0.2) is 41.8 Å². The standard InChI is InChI=1S/C14H19NOS/c1-2-9-17-14-6-4-3-5-13(14)15-10-12-7-8-16-11-12/h2-6,12,15H,1,7-11H2. The number of thioether (sulfide) groups is 1. The van der Waals surface area contributed by atoms with Gasteiger partial charge in [0.2, 0.25) is 0 Å². The fraction of sp³-hybridized carbons (Fsp3) is 0.429. The van der Waals surface area contributed by atoms with Crippen molar-refractivity contribution in [2.24, 2.45) is 5.92 Å². The molecule has 0 spiro atoms. The molecule has 1 N–H and O–H groups in total. The van der Waals surface area contributed by atoms with Gasteiger partial charge < -0.3 is 10.1 Å². The molecule has 1 aliphatic rings. The lowest BCUT2D eigenvalue weighted by Gasteiger charge is -2.13. The van der Waals surface area contributed by atoms with Crippen LogP contribution < -0.4 is 5.32 Å². The first-order valence-electron chi connectivity index (χ1n) is 6.04. The molecule has 1 aromatic carbocycles. The van der Waals surface area contributed by atoms with Crippen LogP contribution in [-0.4, -0.2) is 25.5 Å². The van der Waals surface area contributed by atoms with Crippen molar-refractivity contribution < 1.29 is 4.74 Å². The maximum atomic E-state index is 5.38. The molecule has 2 rings (SSSR count). The van der Waals surface area contributed by atoms with E-state index in [-0.39, 0.29) is 0 Å². The van der Waals surface area contributed by atoms with Crippen molar-refractivity contribution in [1.29, 1.82) is 0 Å². The van der Waals surface area contributed by atoms with E-state index in [1.165, 1.54) is 17.0 Å². The maximum absolute atomic E-state index is 5.38. The Morgan fingerprint density at radius 1 is 1.47 bits per heavy atom. The van der Waals surface area contributed by atoms with E-state index >= 15 is 0 Å². The number of rotatable bonds is 6. The smallest absolute Gasteiger partial charge is 0.0511 e. The van der Waals surface area contributed by atoms with Crippen molar-refractivity contribution >= 4 is 17.4 Å². The molecule has 1 unspecified atom stereocenters. The molecule has 1 atom stereocenters. The number of nitrogens with one attached hydrogen (secondary N) is 1. The molecule has 0 amide bonds. The van der Waals surface area contributed by atoms with E-state index in [1.54, 1.807) is 0 Å². The fourth-order valence-corrected chi connectivity index (χ4v) is 2.65. The molecule has 0 bridgehead atoms. The number of ether oxygens (including phenoxy) is 1. The van der Waals surface area contributed by atoms with Crippen LogP contribution in [0.4, 0.5) is 5.69 Å². The van der Waals surface area contributed by atoms with Gasteiger partial charge in [-0.2, -0.15) is 0 Å². The highest BCUT2D eigenvalue weighted by molar-refractivity contribution is 7.99. The molecule has 0 saturated carbocycles. The first-order chi connectivity index (χ1) is 8.40. The fourth-order valence-electron chi connectivity index (χ4n) is 1.89. The zero-order chi connectivity index (χ0) is 11.9. The van der Waals surface area contributed by atoms with Crippen LogP contribution in [-0.2, 0) is 4.74 Å². The van der Waals surface area contributed by atoms with E-state index in [2.05, 4.69) is 36.2 Å². The Hall–Kier alpha value is -0.930. The number of hydrogen-bond donors (Lipinski definition) is 1. The molecule has 17 heavy (non-hydrogen) atoms. The third-order valence-corrected chi connectivity index (χ3v) is 3.92. The first kappa shape index (κ1) is 12.5. The normalized spacial score (nSPS) is 19.2. The molecule has 92 valence electrons. The molecular weight excluding hydrogens is 230 g/mol. The van der Waals surface area contributed by atoms with Crippen LogP contribution in [0.1, 0.15) is 6.42 Å². The van der Waals surface area contributed by atoms with Crippen LogP contribution in [0.2, 0.25) is 0 Å². The average molecular weight is 249 g/mol. The largest absolute Gasteiger partial charge is 0.384 e. The van der Waals surface area contributed by atoms with Gasteiger partial charge in [0.1, 0.15) is 0 Å². The minimum absolute atomic E-state index is 0.660. The van der Waals surface area contributed by atoms with Crippen LogP contribution in [0, 0.1) is 5.92 Å². The Morgan fingerprint density at radius 2 is 2.35 bits per heavy atom. The molecule has 0 aromatic heterocycles. The molecule has 3 heteroatoms. The van der Waals surface area contributed by atoms with Gasteiger partial charge in [-0.1, -0.05) is 18.2 Å². The van der Waals surface area contributed by atoms with E-state index in [0.29, 0.717) is 5.92 Å².